The average Bonchev–Trinajstić information content (AvgIpc) is 3.66. The van der Waals surface area contributed by atoms with Crippen molar-refractivity contribution in [2.75, 3.05) is 30.8 Å². The van der Waals surface area contributed by atoms with Crippen molar-refractivity contribution >= 4 is 29.0 Å². The number of amides is 2. The molecule has 5 heterocycles. The van der Waals surface area contributed by atoms with Crippen molar-refractivity contribution < 1.29 is 31.9 Å². The van der Waals surface area contributed by atoms with Gasteiger partial charge in [0, 0.05) is 35.6 Å². The molecular formula is C27H24F4N8O3. The van der Waals surface area contributed by atoms with Gasteiger partial charge >= 0.3 is 6.18 Å². The summed E-state index contributed by atoms with van der Waals surface area (Å²) in [6.45, 7) is 0.665. The van der Waals surface area contributed by atoms with E-state index in [1.54, 1.807) is 15.5 Å². The molecular weight excluding hydrogens is 560 g/mol. The van der Waals surface area contributed by atoms with Crippen molar-refractivity contribution in [1.82, 2.24) is 24.3 Å². The second kappa shape index (κ2) is 10.3. The molecule has 0 radical (unpaired) electrons. The Hall–Kier alpha value is -4.63. The summed E-state index contributed by atoms with van der Waals surface area (Å²) < 4.78 is 61.9. The van der Waals surface area contributed by atoms with E-state index in [1.807, 2.05) is 0 Å². The molecule has 2 saturated heterocycles. The maximum atomic E-state index is 15.6. The predicted octanol–water partition coefficient (Wildman–Crippen LogP) is 3.03. The SMILES string of the molecule is NCC(=O)N1C2COCC2C[C@H]1c1nc(-c2ccc(C(=O)Nc3cc(C(F)(F)F)ccn3)cc2F)c2c(N)nccn12. The number of anilines is 2. The van der Waals surface area contributed by atoms with E-state index in [-0.39, 0.29) is 52.9 Å². The Morgan fingerprint density at radius 1 is 1.12 bits per heavy atom. The van der Waals surface area contributed by atoms with E-state index >= 15 is 4.39 Å². The van der Waals surface area contributed by atoms with Crippen LogP contribution in [0.2, 0.25) is 0 Å². The number of alkyl halides is 3. The van der Waals surface area contributed by atoms with Gasteiger partial charge in [-0.1, -0.05) is 0 Å². The van der Waals surface area contributed by atoms with Crippen LogP contribution in [0.1, 0.15) is 34.2 Å². The fourth-order valence-corrected chi connectivity index (χ4v) is 5.67. The maximum Gasteiger partial charge on any atom is 0.416 e. The highest BCUT2D eigenvalue weighted by molar-refractivity contribution is 6.04. The van der Waals surface area contributed by atoms with E-state index in [0.717, 1.165) is 18.3 Å². The van der Waals surface area contributed by atoms with Gasteiger partial charge in [0.15, 0.2) is 0 Å². The monoisotopic (exact) mass is 584 g/mol. The van der Waals surface area contributed by atoms with Gasteiger partial charge in [0.05, 0.1) is 37.4 Å². The molecule has 15 heteroatoms. The van der Waals surface area contributed by atoms with Crippen LogP contribution in [0.15, 0.2) is 48.9 Å². The van der Waals surface area contributed by atoms with Crippen LogP contribution in [0.3, 0.4) is 0 Å². The lowest BCUT2D eigenvalue weighted by Crippen LogP contribution is -2.43. The molecule has 5 N–H and O–H groups in total. The van der Waals surface area contributed by atoms with Gasteiger partial charge in [-0.2, -0.15) is 13.2 Å². The second-order valence-electron chi connectivity index (χ2n) is 10.0. The summed E-state index contributed by atoms with van der Waals surface area (Å²) in [4.78, 5) is 39.9. The lowest BCUT2D eigenvalue weighted by Gasteiger charge is -2.28. The number of pyridine rings is 1. The van der Waals surface area contributed by atoms with E-state index in [4.69, 9.17) is 21.2 Å². The Bertz CT molecular complexity index is 1710. The summed E-state index contributed by atoms with van der Waals surface area (Å²) in [5.74, 6) is -1.70. The first-order valence-electron chi connectivity index (χ1n) is 12.9. The number of aromatic nitrogens is 4. The number of benzene rings is 1. The molecule has 0 saturated carbocycles. The minimum atomic E-state index is -4.63. The van der Waals surface area contributed by atoms with Gasteiger partial charge in [-0.25, -0.2) is 19.3 Å². The third-order valence-electron chi connectivity index (χ3n) is 7.57. The highest BCUT2D eigenvalue weighted by atomic mass is 19.4. The molecule has 3 aromatic heterocycles. The van der Waals surface area contributed by atoms with Gasteiger partial charge in [-0.15, -0.1) is 0 Å². The van der Waals surface area contributed by atoms with E-state index in [9.17, 15) is 22.8 Å². The molecule has 2 aliphatic rings. The molecule has 0 bridgehead atoms. The van der Waals surface area contributed by atoms with Crippen LogP contribution < -0.4 is 16.8 Å². The molecule has 2 amide bonds. The number of rotatable bonds is 5. The van der Waals surface area contributed by atoms with Crippen LogP contribution in [0.25, 0.3) is 16.8 Å². The van der Waals surface area contributed by atoms with Crippen molar-refractivity contribution in [3.8, 4) is 11.3 Å². The number of likely N-dealkylation sites (tertiary alicyclic amines) is 1. The molecule has 0 aliphatic carbocycles. The quantitative estimate of drug-likeness (QED) is 0.303. The Morgan fingerprint density at radius 2 is 1.93 bits per heavy atom. The fourth-order valence-electron chi connectivity index (χ4n) is 5.67. The van der Waals surface area contributed by atoms with Crippen molar-refractivity contribution in [2.24, 2.45) is 11.7 Å². The van der Waals surface area contributed by atoms with Gasteiger partial charge < -0.3 is 26.4 Å². The largest absolute Gasteiger partial charge is 0.416 e. The molecule has 2 aliphatic heterocycles. The van der Waals surface area contributed by atoms with Gasteiger partial charge in [-0.3, -0.25) is 14.0 Å². The summed E-state index contributed by atoms with van der Waals surface area (Å²) in [7, 11) is 0. The zero-order valence-electron chi connectivity index (χ0n) is 21.8. The average molecular weight is 585 g/mol. The zero-order valence-corrected chi connectivity index (χ0v) is 21.8. The van der Waals surface area contributed by atoms with Crippen molar-refractivity contribution in [2.45, 2.75) is 24.7 Å². The van der Waals surface area contributed by atoms with E-state index in [2.05, 4.69) is 15.3 Å². The first-order chi connectivity index (χ1) is 20.1. The summed E-state index contributed by atoms with van der Waals surface area (Å²) in [5, 5.41) is 2.25. The first kappa shape index (κ1) is 27.5. The molecule has 3 atom stereocenters. The second-order valence-corrected chi connectivity index (χ2v) is 10.0. The number of hydrogen-bond acceptors (Lipinski definition) is 8. The van der Waals surface area contributed by atoms with Crippen molar-refractivity contribution in [1.29, 1.82) is 0 Å². The lowest BCUT2D eigenvalue weighted by atomic mass is 10.0. The molecule has 1 aromatic carbocycles. The van der Waals surface area contributed by atoms with Crippen LogP contribution in [0.4, 0.5) is 29.2 Å². The maximum absolute atomic E-state index is 15.6. The number of nitrogens with zero attached hydrogens (tertiary/aromatic N) is 5. The van der Waals surface area contributed by atoms with Crippen LogP contribution in [0, 0.1) is 11.7 Å². The van der Waals surface area contributed by atoms with Crippen LogP contribution in [-0.2, 0) is 15.7 Å². The van der Waals surface area contributed by atoms with E-state index < -0.39 is 29.5 Å². The number of halogens is 4. The number of fused-ring (bicyclic) bond motifs is 2. The predicted molar refractivity (Wildman–Crippen MR) is 141 cm³/mol. The molecule has 11 nitrogen and oxygen atoms in total. The number of nitrogens with one attached hydrogen (secondary N) is 1. The summed E-state index contributed by atoms with van der Waals surface area (Å²) in [5.41, 5.74) is 11.2. The fraction of sp³-hybridized carbons (Fsp3) is 0.296. The Morgan fingerprint density at radius 3 is 2.67 bits per heavy atom. The third kappa shape index (κ3) is 4.69. The van der Waals surface area contributed by atoms with Crippen LogP contribution >= 0.6 is 0 Å². The molecule has 0 spiro atoms. The molecule has 4 aromatic rings. The first-order valence-corrected chi connectivity index (χ1v) is 12.9. The highest BCUT2D eigenvalue weighted by Gasteiger charge is 2.48. The summed E-state index contributed by atoms with van der Waals surface area (Å²) in [6, 6.07) is 4.38. The normalized spacial score (nSPS) is 20.2. The Balaban J connectivity index is 1.36. The summed E-state index contributed by atoms with van der Waals surface area (Å²) >= 11 is 0. The smallest absolute Gasteiger partial charge is 0.382 e. The lowest BCUT2D eigenvalue weighted by molar-refractivity contribution is -0.137. The topological polar surface area (TPSA) is 154 Å². The van der Waals surface area contributed by atoms with Gasteiger partial charge in [0.2, 0.25) is 5.91 Å². The standard InChI is InChI=1S/C27H24F4N8O3/c28-17-7-13(26(41)36-20-9-15(3-4-34-20)27(29,30)31)1-2-16(17)22-23-24(33)35-5-6-38(23)25(37-22)18-8-14-11-42-12-19(14)39(18)21(40)10-32/h1-7,9,14,18-19H,8,10-12,32H2,(H2,33,35)(H,34,36,41)/t14?,18-,19?/m0/s1. The van der Waals surface area contributed by atoms with Crippen molar-refractivity contribution in [3.63, 3.8) is 0 Å². The number of ether oxygens (including phenoxy) is 1. The molecule has 6 rings (SSSR count). The molecule has 42 heavy (non-hydrogen) atoms. The molecule has 2 fully saturated rings. The highest BCUT2D eigenvalue weighted by Crippen LogP contribution is 2.44. The van der Waals surface area contributed by atoms with Gasteiger partial charge in [0.1, 0.15) is 34.5 Å². The van der Waals surface area contributed by atoms with Gasteiger partial charge in [0.25, 0.3) is 5.91 Å². The number of carbonyl (C=O) groups is 2. The number of carbonyl (C=O) groups excluding carboxylic acids is 2. The summed E-state index contributed by atoms with van der Waals surface area (Å²) in [6.07, 6.45) is -0.0677. The molecule has 218 valence electrons. The van der Waals surface area contributed by atoms with Crippen LogP contribution in [0.5, 0.6) is 0 Å². The van der Waals surface area contributed by atoms with Crippen molar-refractivity contribution in [3.05, 3.63) is 71.7 Å². The minimum Gasteiger partial charge on any atom is -0.382 e. The number of nitrogen functional groups attached to an aromatic ring is 1. The zero-order chi connectivity index (χ0) is 29.8. The minimum absolute atomic E-state index is 0.00502. The van der Waals surface area contributed by atoms with Gasteiger partial charge in [-0.05, 0) is 36.8 Å². The molecule has 2 unspecified atom stereocenters. The van der Waals surface area contributed by atoms with E-state index in [1.165, 1.54) is 18.3 Å². The number of nitrogens with two attached hydrogens (primary N) is 2. The Labute approximate surface area is 235 Å². The van der Waals surface area contributed by atoms with E-state index in [0.29, 0.717) is 37.0 Å². The number of imidazole rings is 1. The third-order valence-corrected chi connectivity index (χ3v) is 7.57. The Kier molecular flexibility index (Phi) is 6.77. The van der Waals surface area contributed by atoms with Crippen LogP contribution in [-0.4, -0.2) is 61.9 Å². The number of hydrogen-bond donors (Lipinski definition) is 3.